The molecule has 318 valence electrons. The number of nitrogen functional groups attached to an aromatic ring is 1. The first-order valence-corrected chi connectivity index (χ1v) is 22.2. The number of alkyl halides is 1. The number of ketones is 3. The number of likely N-dealkylation sites (N-methyl/N-ethyl adjacent to an activating group) is 1. The molecule has 0 saturated heterocycles. The van der Waals surface area contributed by atoms with Crippen molar-refractivity contribution in [2.45, 2.75) is 73.8 Å². The number of nitrogens with zero attached hydrogens (tertiary/aromatic N) is 1. The molecule has 12 nitrogen and oxygen atoms in total. The molecule has 1 aliphatic rings. The number of thioether (sulfide) groups is 1. The minimum absolute atomic E-state index is 0.00389. The highest BCUT2D eigenvalue weighted by Gasteiger charge is 2.33. The molecule has 0 saturated carbocycles. The van der Waals surface area contributed by atoms with Crippen LogP contribution in [-0.4, -0.2) is 131 Å². The van der Waals surface area contributed by atoms with Gasteiger partial charge in [0.05, 0.1) is 52.4 Å². The number of benzene rings is 2. The van der Waals surface area contributed by atoms with Crippen molar-refractivity contribution < 1.29 is 33.4 Å². The number of fused-ring (bicyclic) bond motifs is 2. The van der Waals surface area contributed by atoms with Crippen molar-refractivity contribution in [3.63, 3.8) is 0 Å². The Morgan fingerprint density at radius 3 is 1.84 bits per heavy atom. The number of hydrogen-bond acceptors (Lipinski definition) is 9. The van der Waals surface area contributed by atoms with E-state index in [0.29, 0.717) is 64.8 Å². The van der Waals surface area contributed by atoms with Crippen LogP contribution in [0.4, 0.5) is 11.4 Å². The Morgan fingerprint density at radius 2 is 1.34 bits per heavy atom. The predicted molar refractivity (Wildman–Crippen MR) is 241 cm³/mol. The van der Waals surface area contributed by atoms with Crippen LogP contribution in [0.5, 0.6) is 0 Å². The van der Waals surface area contributed by atoms with Gasteiger partial charge in [0.15, 0.2) is 18.1 Å². The standard InChI is InChI=1S/C27H35N5O4S.C8H20N2.C3H6O.C3H8.CH3Br/c1-18(33)29-12-15-37-16-13-31-23(34)17-32(2,3)14-6-11-30-22-10-9-21(28)24-25(22)27(36)20-8-5-4-7-19(20)26(24)35;1-8(2)9-6-5-7-10(3)4;1-3(2)4;1-3-2;1-2/h4-5,7-10H,6,11-17H2,1-3H3,(H4-,28,29,30,31,33,34,35,36);8-9H,5-7H2,1-4H3;1-2H3;3H2,1-2H3;1H3/p+2. The molecule has 0 atom stereocenters. The molecule has 1 aliphatic carbocycles. The van der Waals surface area contributed by atoms with Gasteiger partial charge in [0.2, 0.25) is 5.91 Å². The summed E-state index contributed by atoms with van der Waals surface area (Å²) in [6.45, 7) is 18.5. The van der Waals surface area contributed by atoms with E-state index in [1.54, 1.807) is 48.2 Å². The van der Waals surface area contributed by atoms with E-state index in [1.807, 2.05) is 19.9 Å². The summed E-state index contributed by atoms with van der Waals surface area (Å²) in [7, 11) is 8.39. The van der Waals surface area contributed by atoms with Crippen molar-refractivity contribution in [3.05, 3.63) is 58.7 Å². The first-order valence-electron chi connectivity index (χ1n) is 19.5. The Balaban J connectivity index is 0. The van der Waals surface area contributed by atoms with E-state index < -0.39 is 0 Å². The normalized spacial score (nSPS) is 11.2. The number of carbonyl (C=O) groups excluding carboxylic acids is 5. The van der Waals surface area contributed by atoms with Crippen molar-refractivity contribution in [3.8, 4) is 0 Å². The fourth-order valence-corrected chi connectivity index (χ4v) is 5.84. The molecule has 2 amide bonds. The molecular formula is C42H74BrN7O5S+2. The number of halogens is 1. The molecular weight excluding hydrogens is 794 g/mol. The lowest BCUT2D eigenvalue weighted by molar-refractivity contribution is -0.882. The van der Waals surface area contributed by atoms with Gasteiger partial charge in [-0.05, 0) is 31.8 Å². The number of carbonyl (C=O) groups is 5. The monoisotopic (exact) mass is 867 g/mol. The van der Waals surface area contributed by atoms with Crippen LogP contribution in [0.25, 0.3) is 0 Å². The summed E-state index contributed by atoms with van der Waals surface area (Å²) in [6, 6.07) is 10.8. The average Bonchev–Trinajstić information content (AvgIpc) is 3.11. The molecule has 0 fully saturated rings. The Morgan fingerprint density at radius 1 is 0.821 bits per heavy atom. The maximum atomic E-state index is 13.2. The van der Waals surface area contributed by atoms with Gasteiger partial charge in [-0.1, -0.05) is 74.3 Å². The Kier molecular flexibility index (Phi) is 31.1. The molecule has 7 N–H and O–H groups in total. The van der Waals surface area contributed by atoms with E-state index in [0.717, 1.165) is 31.0 Å². The van der Waals surface area contributed by atoms with Gasteiger partial charge < -0.3 is 41.2 Å². The molecule has 3 rings (SSSR count). The fourth-order valence-electron chi connectivity index (χ4n) is 5.15. The highest BCUT2D eigenvalue weighted by molar-refractivity contribution is 9.08. The van der Waals surface area contributed by atoms with Crippen LogP contribution in [0.15, 0.2) is 36.4 Å². The number of hydrogen-bond donors (Lipinski definition) is 6. The first kappa shape index (κ1) is 54.8. The Bertz CT molecular complexity index is 1460. The van der Waals surface area contributed by atoms with E-state index in [9.17, 15) is 24.0 Å². The number of quaternary nitrogens is 2. The second kappa shape index (κ2) is 31.7. The van der Waals surface area contributed by atoms with Gasteiger partial charge in [0.25, 0.3) is 5.91 Å². The van der Waals surface area contributed by atoms with Crippen LogP contribution < -0.4 is 31.9 Å². The molecule has 0 radical (unpaired) electrons. The fraction of sp³-hybridized carbons (Fsp3) is 0.595. The van der Waals surface area contributed by atoms with Gasteiger partial charge in [-0.15, -0.1) is 0 Å². The molecule has 0 spiro atoms. The highest BCUT2D eigenvalue weighted by Crippen LogP contribution is 2.35. The zero-order valence-electron chi connectivity index (χ0n) is 36.4. The maximum absolute atomic E-state index is 13.2. The molecule has 0 bridgehead atoms. The lowest BCUT2D eigenvalue weighted by Gasteiger charge is -2.29. The van der Waals surface area contributed by atoms with E-state index in [4.69, 9.17) is 5.73 Å². The number of rotatable bonds is 18. The minimum atomic E-state index is -0.235. The summed E-state index contributed by atoms with van der Waals surface area (Å²) >= 11 is 4.62. The van der Waals surface area contributed by atoms with Crippen molar-refractivity contribution >= 4 is 68.2 Å². The zero-order valence-corrected chi connectivity index (χ0v) is 38.8. The van der Waals surface area contributed by atoms with Gasteiger partial charge in [0.1, 0.15) is 5.78 Å². The van der Waals surface area contributed by atoms with Gasteiger partial charge in [-0.3, -0.25) is 19.2 Å². The molecule has 56 heavy (non-hydrogen) atoms. The first-order chi connectivity index (χ1) is 26.4. The van der Waals surface area contributed by atoms with E-state index >= 15 is 0 Å². The van der Waals surface area contributed by atoms with Crippen molar-refractivity contribution in [1.29, 1.82) is 0 Å². The molecule has 0 unspecified atom stereocenters. The van der Waals surface area contributed by atoms with Crippen molar-refractivity contribution in [2.24, 2.45) is 0 Å². The molecule has 0 aromatic heterocycles. The van der Waals surface area contributed by atoms with Crippen LogP contribution in [-0.2, 0) is 14.4 Å². The third-order valence-electron chi connectivity index (χ3n) is 7.53. The average molecular weight is 869 g/mol. The van der Waals surface area contributed by atoms with Gasteiger partial charge in [-0.2, -0.15) is 11.8 Å². The number of nitrogens with one attached hydrogen (secondary N) is 5. The number of anilines is 2. The predicted octanol–water partition coefficient (Wildman–Crippen LogP) is 4.45. The zero-order chi connectivity index (χ0) is 43.3. The number of Topliss-reactive ketones (excluding diaryl/α,β-unsaturated/α-hetero) is 1. The van der Waals surface area contributed by atoms with Crippen LogP contribution in [0.2, 0.25) is 0 Å². The molecule has 2 aromatic rings. The van der Waals surface area contributed by atoms with Crippen molar-refractivity contribution in [1.82, 2.24) is 16.0 Å². The number of nitrogens with two attached hydrogens (primary N) is 1. The van der Waals surface area contributed by atoms with Crippen LogP contribution in [0.1, 0.15) is 99.6 Å². The molecule has 0 aliphatic heterocycles. The topological polar surface area (TPSA) is 164 Å². The van der Waals surface area contributed by atoms with Crippen molar-refractivity contribution in [2.75, 3.05) is 102 Å². The van der Waals surface area contributed by atoms with Crippen LogP contribution in [0.3, 0.4) is 0 Å². The smallest absolute Gasteiger partial charge is 0.275 e. The Labute approximate surface area is 351 Å². The summed E-state index contributed by atoms with van der Waals surface area (Å²) in [5, 5.41) is 12.4. The lowest BCUT2D eigenvalue weighted by atomic mass is 9.82. The third-order valence-corrected chi connectivity index (χ3v) is 8.52. The summed E-state index contributed by atoms with van der Waals surface area (Å²) in [5.74, 6) is 3.10. The second-order valence-corrected chi connectivity index (χ2v) is 16.0. The maximum Gasteiger partial charge on any atom is 0.275 e. The van der Waals surface area contributed by atoms with E-state index in [1.165, 1.54) is 45.1 Å². The van der Waals surface area contributed by atoms with Gasteiger partial charge in [-0.25, -0.2) is 0 Å². The highest BCUT2D eigenvalue weighted by atomic mass is 79.9. The summed E-state index contributed by atoms with van der Waals surface area (Å²) in [4.78, 5) is 60.4. The summed E-state index contributed by atoms with van der Waals surface area (Å²) in [6.07, 6.45) is 3.29. The Hall–Kier alpha value is -3.30. The van der Waals surface area contributed by atoms with Crippen LogP contribution in [0, 0.1) is 0 Å². The summed E-state index contributed by atoms with van der Waals surface area (Å²) in [5.41, 5.74) is 8.34. The quantitative estimate of drug-likeness (QED) is 0.0470. The van der Waals surface area contributed by atoms with E-state index in [-0.39, 0.29) is 34.7 Å². The van der Waals surface area contributed by atoms with Gasteiger partial charge in [0, 0.05) is 86.0 Å². The van der Waals surface area contributed by atoms with E-state index in [2.05, 4.69) is 79.0 Å². The second-order valence-electron chi connectivity index (χ2n) is 14.7. The molecule has 14 heteroatoms. The lowest BCUT2D eigenvalue weighted by Crippen LogP contribution is -3.05. The molecule has 0 heterocycles. The van der Waals surface area contributed by atoms with Gasteiger partial charge >= 0.3 is 0 Å². The SMILES string of the molecule is CBr.CC(=O)NCCSCCNC(=O)C[N+](C)(C)CCCNc1ccc(N)c2c1C(=O)c1ccccc1C2=O.CC(C)=O.CC(C)NCCC[NH+](C)C.CCC. The molecule has 2 aromatic carbocycles. The number of amides is 2. The minimum Gasteiger partial charge on any atom is -0.398 e. The summed E-state index contributed by atoms with van der Waals surface area (Å²) < 4.78 is 0.522. The largest absolute Gasteiger partial charge is 0.398 e. The van der Waals surface area contributed by atoms with Crippen LogP contribution >= 0.6 is 27.7 Å². The third kappa shape index (κ3) is 25.1.